The fourth-order valence-electron chi connectivity index (χ4n) is 0.553. The van der Waals surface area contributed by atoms with E-state index in [4.69, 9.17) is 0 Å². The summed E-state index contributed by atoms with van der Waals surface area (Å²) in [7, 11) is 5.94. The lowest BCUT2D eigenvalue weighted by Crippen LogP contribution is -1.89. The van der Waals surface area contributed by atoms with Crippen molar-refractivity contribution in [2.24, 2.45) is 0 Å². The summed E-state index contributed by atoms with van der Waals surface area (Å²) in [4.78, 5) is 0. The SMILES string of the molecule is CP(CCP)CCP. The van der Waals surface area contributed by atoms with Crippen LogP contribution in [0.4, 0.5) is 0 Å². The van der Waals surface area contributed by atoms with Crippen molar-refractivity contribution in [3.63, 3.8) is 0 Å². The molecule has 0 aromatic rings. The van der Waals surface area contributed by atoms with Gasteiger partial charge in [-0.25, -0.2) is 0 Å². The van der Waals surface area contributed by atoms with Crippen molar-refractivity contribution in [3.8, 4) is 0 Å². The van der Waals surface area contributed by atoms with Gasteiger partial charge in [0.15, 0.2) is 0 Å². The molecule has 0 radical (unpaired) electrons. The first-order valence-corrected chi connectivity index (χ1v) is 6.69. The van der Waals surface area contributed by atoms with Gasteiger partial charge in [-0.2, -0.15) is 0 Å². The van der Waals surface area contributed by atoms with Crippen molar-refractivity contribution in [2.45, 2.75) is 0 Å². The van der Waals surface area contributed by atoms with Gasteiger partial charge in [0, 0.05) is 0 Å². The van der Waals surface area contributed by atoms with Gasteiger partial charge in [-0.05, 0) is 31.3 Å². The van der Waals surface area contributed by atoms with E-state index in [-0.39, 0.29) is 0 Å². The van der Waals surface area contributed by atoms with Gasteiger partial charge >= 0.3 is 0 Å². The molecule has 2 unspecified atom stereocenters. The molecular formula is C5H15P3. The third-order valence-corrected chi connectivity index (χ3v) is 4.61. The Morgan fingerprint density at radius 2 is 1.50 bits per heavy atom. The van der Waals surface area contributed by atoms with Gasteiger partial charge in [-0.15, -0.1) is 26.4 Å². The molecule has 0 aliphatic heterocycles. The zero-order valence-corrected chi connectivity index (χ0v) is 8.63. The van der Waals surface area contributed by atoms with Gasteiger partial charge in [0.1, 0.15) is 0 Å². The Morgan fingerprint density at radius 1 is 1.12 bits per heavy atom. The van der Waals surface area contributed by atoms with E-state index in [2.05, 4.69) is 25.1 Å². The van der Waals surface area contributed by atoms with E-state index in [1.165, 1.54) is 24.6 Å². The minimum absolute atomic E-state index is 0.378. The maximum Gasteiger partial charge on any atom is -0.0293 e. The van der Waals surface area contributed by atoms with E-state index in [1.807, 2.05) is 0 Å². The monoisotopic (exact) mass is 168 g/mol. The molecule has 0 rings (SSSR count). The van der Waals surface area contributed by atoms with Gasteiger partial charge in [0.2, 0.25) is 0 Å². The van der Waals surface area contributed by atoms with Crippen LogP contribution in [0, 0.1) is 0 Å². The smallest absolute Gasteiger partial charge is 0.0293 e. The molecule has 0 saturated carbocycles. The van der Waals surface area contributed by atoms with Crippen LogP contribution in [0.25, 0.3) is 0 Å². The second-order valence-electron chi connectivity index (χ2n) is 1.88. The Kier molecular flexibility index (Phi) is 7.44. The maximum absolute atomic E-state index is 2.78. The third-order valence-electron chi connectivity index (χ3n) is 1.02. The lowest BCUT2D eigenvalue weighted by atomic mass is 10.9. The highest BCUT2D eigenvalue weighted by Gasteiger charge is 1.94. The highest BCUT2D eigenvalue weighted by Crippen LogP contribution is 2.30. The van der Waals surface area contributed by atoms with E-state index < -0.39 is 0 Å². The van der Waals surface area contributed by atoms with Crippen LogP contribution in [-0.2, 0) is 0 Å². The lowest BCUT2D eigenvalue weighted by Gasteiger charge is -2.06. The molecule has 0 aromatic heterocycles. The average molecular weight is 168 g/mol. The molecule has 0 N–H and O–H groups in total. The summed E-state index contributed by atoms with van der Waals surface area (Å²) in [6.45, 7) is 2.38. The molecule has 50 valence electrons. The van der Waals surface area contributed by atoms with Gasteiger partial charge in [0.25, 0.3) is 0 Å². The first kappa shape index (κ1) is 9.29. The Labute approximate surface area is 58.4 Å². The molecule has 0 heterocycles. The highest BCUT2D eigenvalue weighted by atomic mass is 31.1. The van der Waals surface area contributed by atoms with Crippen LogP contribution in [0.3, 0.4) is 0 Å². The molecule has 3 heteroatoms. The molecule has 2 atom stereocenters. The summed E-state index contributed by atoms with van der Waals surface area (Å²) in [6.07, 6.45) is 5.42. The fraction of sp³-hybridized carbons (Fsp3) is 1.00. The first-order valence-electron chi connectivity index (χ1n) is 2.90. The average Bonchev–Trinajstić information content (AvgIpc) is 1.68. The second-order valence-corrected chi connectivity index (χ2v) is 5.64. The topological polar surface area (TPSA) is 0 Å². The lowest BCUT2D eigenvalue weighted by molar-refractivity contribution is 1.44. The largest absolute Gasteiger partial charge is 0.137 e. The van der Waals surface area contributed by atoms with Gasteiger partial charge < -0.3 is 0 Å². The van der Waals surface area contributed by atoms with Crippen LogP contribution in [0.5, 0.6) is 0 Å². The Bertz CT molecular complexity index is 40.9. The molecule has 0 aliphatic rings. The molecule has 0 aliphatic carbocycles. The Hall–Kier alpha value is 1.29. The molecule has 0 nitrogen and oxygen atoms in total. The molecular weight excluding hydrogens is 153 g/mol. The van der Waals surface area contributed by atoms with Crippen molar-refractivity contribution in [1.29, 1.82) is 0 Å². The van der Waals surface area contributed by atoms with Crippen molar-refractivity contribution in [3.05, 3.63) is 0 Å². The molecule has 0 amide bonds. The molecule has 0 bridgehead atoms. The fourth-order valence-corrected chi connectivity index (χ4v) is 4.30. The van der Waals surface area contributed by atoms with Gasteiger partial charge in [-0.1, -0.05) is 0 Å². The number of hydrogen-bond donors (Lipinski definition) is 0. The van der Waals surface area contributed by atoms with E-state index in [1.54, 1.807) is 0 Å². The summed E-state index contributed by atoms with van der Waals surface area (Å²) < 4.78 is 0. The molecule has 8 heavy (non-hydrogen) atoms. The quantitative estimate of drug-likeness (QED) is 0.562. The van der Waals surface area contributed by atoms with E-state index in [0.717, 1.165) is 0 Å². The van der Waals surface area contributed by atoms with Crippen molar-refractivity contribution in [2.75, 3.05) is 31.3 Å². The van der Waals surface area contributed by atoms with Crippen molar-refractivity contribution in [1.82, 2.24) is 0 Å². The molecule has 0 aromatic carbocycles. The van der Waals surface area contributed by atoms with Crippen molar-refractivity contribution < 1.29 is 0 Å². The predicted octanol–water partition coefficient (Wildman–Crippen LogP) is 1.85. The number of hydrogen-bond acceptors (Lipinski definition) is 0. The van der Waals surface area contributed by atoms with Crippen LogP contribution >= 0.6 is 26.4 Å². The minimum Gasteiger partial charge on any atom is -0.137 e. The summed E-state index contributed by atoms with van der Waals surface area (Å²) in [5.41, 5.74) is 0. The van der Waals surface area contributed by atoms with E-state index >= 15 is 0 Å². The van der Waals surface area contributed by atoms with Crippen molar-refractivity contribution >= 4 is 26.4 Å². The third kappa shape index (κ3) is 5.43. The standard InChI is InChI=1S/C5H15P3/c1-8(4-2-6)5-3-7/h2-7H2,1H3. The van der Waals surface area contributed by atoms with Gasteiger partial charge in [0.05, 0.1) is 0 Å². The van der Waals surface area contributed by atoms with Crippen LogP contribution in [-0.4, -0.2) is 31.3 Å². The summed E-state index contributed by atoms with van der Waals surface area (Å²) in [5, 5.41) is 0. The predicted molar refractivity (Wildman–Crippen MR) is 51.7 cm³/mol. The zero-order valence-electron chi connectivity index (χ0n) is 5.43. The molecule has 0 fully saturated rings. The first-order chi connectivity index (χ1) is 3.81. The van der Waals surface area contributed by atoms with E-state index in [9.17, 15) is 0 Å². The summed E-state index contributed by atoms with van der Waals surface area (Å²) in [6, 6.07) is 0. The van der Waals surface area contributed by atoms with Crippen LogP contribution in [0.15, 0.2) is 0 Å². The second kappa shape index (κ2) is 6.41. The molecule has 0 spiro atoms. The van der Waals surface area contributed by atoms with Gasteiger partial charge in [-0.3, -0.25) is 0 Å². The summed E-state index contributed by atoms with van der Waals surface area (Å²) >= 11 is 0. The van der Waals surface area contributed by atoms with E-state index in [0.29, 0.717) is 7.92 Å². The number of rotatable bonds is 4. The zero-order chi connectivity index (χ0) is 6.41. The van der Waals surface area contributed by atoms with Crippen LogP contribution in [0.2, 0.25) is 0 Å². The van der Waals surface area contributed by atoms with Crippen LogP contribution < -0.4 is 0 Å². The highest BCUT2D eigenvalue weighted by molar-refractivity contribution is 7.57. The summed E-state index contributed by atoms with van der Waals surface area (Å²) in [5.74, 6) is 0. The molecule has 0 saturated heterocycles. The Morgan fingerprint density at radius 3 is 1.75 bits per heavy atom. The normalized spacial score (nSPS) is 10.5. The van der Waals surface area contributed by atoms with Crippen LogP contribution in [0.1, 0.15) is 0 Å². The maximum atomic E-state index is 2.78. The Balaban J connectivity index is 2.92. The minimum atomic E-state index is 0.378.